The molecule has 0 bridgehead atoms. The Labute approximate surface area is 227 Å². The van der Waals surface area contributed by atoms with Gasteiger partial charge in [0.2, 0.25) is 0 Å². The molecule has 0 aliphatic heterocycles. The van der Waals surface area contributed by atoms with Gasteiger partial charge in [0.05, 0.1) is 0 Å². The highest BCUT2D eigenvalue weighted by Gasteiger charge is 2.18. The van der Waals surface area contributed by atoms with Crippen molar-refractivity contribution in [2.24, 2.45) is 0 Å². The number of hydrogen-bond donors (Lipinski definition) is 0. The lowest BCUT2D eigenvalue weighted by atomic mass is 10.0. The fourth-order valence-electron chi connectivity index (χ4n) is 5.96. The van der Waals surface area contributed by atoms with E-state index in [1.54, 1.807) is 0 Å². The first-order chi connectivity index (χ1) is 19.8. The zero-order valence-electron chi connectivity index (χ0n) is 21.1. The minimum absolute atomic E-state index is 0.753. The van der Waals surface area contributed by atoms with Crippen LogP contribution in [0.15, 0.2) is 125 Å². The third-order valence-corrected chi connectivity index (χ3v) is 7.85. The molecule has 5 heteroatoms. The average Bonchev–Trinajstić information content (AvgIpc) is 3.60. The van der Waals surface area contributed by atoms with Gasteiger partial charge in [0.25, 0.3) is 0 Å². The minimum Gasteiger partial charge on any atom is -0.453 e. The van der Waals surface area contributed by atoms with Gasteiger partial charge in [-0.3, -0.25) is 15.0 Å². The molecule has 0 amide bonds. The lowest BCUT2D eigenvalue weighted by Gasteiger charge is -2.06. The molecule has 0 aliphatic rings. The molecule has 5 heterocycles. The van der Waals surface area contributed by atoms with E-state index in [9.17, 15) is 0 Å². The Morgan fingerprint density at radius 3 is 1.48 bits per heavy atom. The van der Waals surface area contributed by atoms with Gasteiger partial charge in [-0.1, -0.05) is 60.7 Å². The van der Waals surface area contributed by atoms with Crippen LogP contribution in [0.4, 0.5) is 0 Å². The third-order valence-electron chi connectivity index (χ3n) is 7.85. The fourth-order valence-corrected chi connectivity index (χ4v) is 5.96. The molecule has 0 atom stereocenters. The Balaban J connectivity index is 1.26. The molecule has 5 nitrogen and oxygen atoms in total. The average molecular weight is 514 g/mol. The molecule has 186 valence electrons. The van der Waals surface area contributed by atoms with Gasteiger partial charge in [0.15, 0.2) is 11.2 Å². The summed E-state index contributed by atoms with van der Waals surface area (Å²) in [5.74, 6) is 0. The molecule has 5 aromatic heterocycles. The normalized spacial score (nSPS) is 12.0. The van der Waals surface area contributed by atoms with E-state index >= 15 is 0 Å². The highest BCUT2D eigenvalue weighted by atomic mass is 16.3. The molecular weight excluding hydrogens is 494 g/mol. The molecular formula is C35H19N3O2. The second-order valence-electron chi connectivity index (χ2n) is 10.1. The van der Waals surface area contributed by atoms with E-state index in [2.05, 4.69) is 59.6 Å². The Kier molecular flexibility index (Phi) is 4.27. The first kappa shape index (κ1) is 21.4. The maximum Gasteiger partial charge on any atom is 0.161 e. The predicted octanol–water partition coefficient (Wildman–Crippen LogP) is 9.31. The van der Waals surface area contributed by atoms with Crippen LogP contribution in [-0.2, 0) is 0 Å². The molecule has 0 N–H and O–H groups in total. The molecule has 0 saturated heterocycles. The first-order valence-corrected chi connectivity index (χ1v) is 13.2. The van der Waals surface area contributed by atoms with Crippen LogP contribution >= 0.6 is 0 Å². The molecule has 0 fully saturated rings. The Bertz CT molecular complexity index is 2280. The molecule has 0 spiro atoms. The second kappa shape index (κ2) is 7.98. The van der Waals surface area contributed by atoms with E-state index in [1.807, 2.05) is 61.2 Å². The summed E-state index contributed by atoms with van der Waals surface area (Å²) in [5, 5.41) is 6.44. The van der Waals surface area contributed by atoms with Gasteiger partial charge in [-0.25, -0.2) is 0 Å². The summed E-state index contributed by atoms with van der Waals surface area (Å²) in [7, 11) is 0. The van der Waals surface area contributed by atoms with Crippen LogP contribution in [0.3, 0.4) is 0 Å². The van der Waals surface area contributed by atoms with Crippen LogP contribution in [0.25, 0.3) is 87.9 Å². The predicted molar refractivity (Wildman–Crippen MR) is 160 cm³/mol. The number of furan rings is 2. The SMILES string of the molecule is c1ccc2c(c1)ccc1c3nccc(-c4cncc(-c5ccnc6c5oc5c7ccccc7ccc65)c4)c3oc21. The van der Waals surface area contributed by atoms with Crippen LogP contribution in [-0.4, -0.2) is 15.0 Å². The molecule has 0 unspecified atom stereocenters. The minimum atomic E-state index is 0.753. The van der Waals surface area contributed by atoms with Crippen LogP contribution < -0.4 is 0 Å². The number of hydrogen-bond acceptors (Lipinski definition) is 5. The maximum atomic E-state index is 6.53. The van der Waals surface area contributed by atoms with Crippen LogP contribution in [0.2, 0.25) is 0 Å². The van der Waals surface area contributed by atoms with Gasteiger partial charge in [-0.05, 0) is 41.1 Å². The van der Waals surface area contributed by atoms with Gasteiger partial charge in [-0.15, -0.1) is 0 Å². The monoisotopic (exact) mass is 513 g/mol. The molecule has 9 rings (SSSR count). The number of fused-ring (bicyclic) bond motifs is 10. The van der Waals surface area contributed by atoms with E-state index in [1.165, 1.54) is 0 Å². The van der Waals surface area contributed by atoms with Crippen LogP contribution in [0.5, 0.6) is 0 Å². The lowest BCUT2D eigenvalue weighted by molar-refractivity contribution is 0.673. The summed E-state index contributed by atoms with van der Waals surface area (Å²) < 4.78 is 13.1. The highest BCUT2D eigenvalue weighted by molar-refractivity contribution is 6.17. The van der Waals surface area contributed by atoms with Crippen molar-refractivity contribution in [2.45, 2.75) is 0 Å². The Morgan fingerprint density at radius 2 is 0.950 bits per heavy atom. The maximum absolute atomic E-state index is 6.53. The molecule has 0 radical (unpaired) electrons. The van der Waals surface area contributed by atoms with E-state index in [0.29, 0.717) is 0 Å². The summed E-state index contributed by atoms with van der Waals surface area (Å²) in [6.45, 7) is 0. The molecule has 4 aromatic carbocycles. The number of benzene rings is 4. The molecule has 9 aromatic rings. The first-order valence-electron chi connectivity index (χ1n) is 13.2. The highest BCUT2D eigenvalue weighted by Crippen LogP contribution is 2.40. The van der Waals surface area contributed by atoms with Crippen molar-refractivity contribution in [3.05, 3.63) is 116 Å². The summed E-state index contributed by atoms with van der Waals surface area (Å²) in [5.41, 5.74) is 8.68. The van der Waals surface area contributed by atoms with Crippen molar-refractivity contribution < 1.29 is 8.83 Å². The van der Waals surface area contributed by atoms with Crippen molar-refractivity contribution in [1.29, 1.82) is 0 Å². The van der Waals surface area contributed by atoms with E-state index in [-0.39, 0.29) is 0 Å². The topological polar surface area (TPSA) is 65.0 Å². The largest absolute Gasteiger partial charge is 0.453 e. The van der Waals surface area contributed by atoms with Crippen molar-refractivity contribution in [3.8, 4) is 22.3 Å². The zero-order valence-corrected chi connectivity index (χ0v) is 21.1. The zero-order chi connectivity index (χ0) is 26.2. The molecule has 0 saturated carbocycles. The summed E-state index contributed by atoms with van der Waals surface area (Å²) in [6, 6.07) is 31.1. The van der Waals surface area contributed by atoms with Crippen molar-refractivity contribution >= 4 is 65.7 Å². The summed E-state index contributed by atoms with van der Waals surface area (Å²) in [6.07, 6.45) is 7.41. The van der Waals surface area contributed by atoms with Gasteiger partial charge < -0.3 is 8.83 Å². The van der Waals surface area contributed by atoms with Crippen LogP contribution in [0.1, 0.15) is 0 Å². The number of nitrogens with zero attached hydrogens (tertiary/aromatic N) is 3. The Hall–Kier alpha value is -5.55. The quantitative estimate of drug-likeness (QED) is 0.230. The summed E-state index contributed by atoms with van der Waals surface area (Å²) in [4.78, 5) is 14.0. The van der Waals surface area contributed by atoms with E-state index in [0.717, 1.165) is 87.9 Å². The molecule has 40 heavy (non-hydrogen) atoms. The number of aromatic nitrogens is 3. The van der Waals surface area contributed by atoms with Gasteiger partial charge in [0, 0.05) is 68.6 Å². The number of rotatable bonds is 2. The summed E-state index contributed by atoms with van der Waals surface area (Å²) >= 11 is 0. The fraction of sp³-hybridized carbons (Fsp3) is 0. The van der Waals surface area contributed by atoms with Gasteiger partial charge >= 0.3 is 0 Å². The van der Waals surface area contributed by atoms with Gasteiger partial charge in [-0.2, -0.15) is 0 Å². The van der Waals surface area contributed by atoms with Crippen molar-refractivity contribution in [3.63, 3.8) is 0 Å². The smallest absolute Gasteiger partial charge is 0.161 e. The standard InChI is InChI=1S/C35H19N3O2/c1-3-7-24-20(5-1)9-11-28-30-34(39-32(24)28)26(13-15-37-30)22-17-23(19-36-18-22)27-14-16-38-31-29-12-10-21-6-2-4-8-25(21)33(29)40-35(27)31/h1-19H. The van der Waals surface area contributed by atoms with Gasteiger partial charge in [0.1, 0.15) is 22.2 Å². The number of pyridine rings is 3. The second-order valence-corrected chi connectivity index (χ2v) is 10.1. The van der Waals surface area contributed by atoms with E-state index < -0.39 is 0 Å². The Morgan fingerprint density at radius 1 is 0.450 bits per heavy atom. The van der Waals surface area contributed by atoms with Crippen molar-refractivity contribution in [1.82, 2.24) is 15.0 Å². The third kappa shape index (κ3) is 2.94. The van der Waals surface area contributed by atoms with Crippen molar-refractivity contribution in [2.75, 3.05) is 0 Å². The molecule has 0 aliphatic carbocycles. The van der Waals surface area contributed by atoms with E-state index in [4.69, 9.17) is 18.8 Å². The lowest BCUT2D eigenvalue weighted by Crippen LogP contribution is -1.87. The van der Waals surface area contributed by atoms with Crippen LogP contribution in [0, 0.1) is 0 Å².